The first-order chi connectivity index (χ1) is 17.9. The number of nitrogens with zero attached hydrogens (tertiary/aromatic N) is 2. The number of aliphatic carboxylic acids is 1. The largest absolute Gasteiger partial charge is 0.497 e. The predicted molar refractivity (Wildman–Crippen MR) is 147 cm³/mol. The maximum Gasteiger partial charge on any atom is 0.303 e. The van der Waals surface area contributed by atoms with Gasteiger partial charge in [-0.2, -0.15) is 0 Å². The molecule has 1 aliphatic heterocycles. The molecule has 0 amide bonds. The van der Waals surface area contributed by atoms with E-state index in [2.05, 4.69) is 41.1 Å². The van der Waals surface area contributed by atoms with Crippen LogP contribution in [0.3, 0.4) is 0 Å². The summed E-state index contributed by atoms with van der Waals surface area (Å²) in [6, 6.07) is 16.3. The van der Waals surface area contributed by atoms with Crippen LogP contribution in [0.25, 0.3) is 10.9 Å². The number of aliphatic hydroxyl groups is 1. The van der Waals surface area contributed by atoms with Crippen molar-refractivity contribution in [2.45, 2.75) is 58.0 Å². The van der Waals surface area contributed by atoms with E-state index in [0.717, 1.165) is 74.0 Å². The van der Waals surface area contributed by atoms with Gasteiger partial charge >= 0.3 is 5.97 Å². The lowest BCUT2D eigenvalue weighted by Gasteiger charge is -2.38. The number of fused-ring (bicyclic) bond motifs is 1. The topological polar surface area (TPSA) is 82.9 Å². The summed E-state index contributed by atoms with van der Waals surface area (Å²) in [7, 11) is 1.63. The monoisotopic (exact) mass is 504 g/mol. The molecule has 4 rings (SSSR count). The molecule has 0 radical (unpaired) electrons. The first kappa shape index (κ1) is 27.1. The van der Waals surface area contributed by atoms with Gasteiger partial charge in [0.05, 0.1) is 18.7 Å². The number of ether oxygens (including phenoxy) is 1. The number of aryl methyl sites for hydroxylation is 2. The van der Waals surface area contributed by atoms with E-state index >= 15 is 0 Å². The molecule has 1 aliphatic rings. The summed E-state index contributed by atoms with van der Waals surface area (Å²) in [5.74, 6) is 0.424. The van der Waals surface area contributed by atoms with Crippen LogP contribution in [0, 0.1) is 18.8 Å². The molecule has 6 heteroatoms. The molecule has 0 unspecified atom stereocenters. The highest BCUT2D eigenvalue weighted by molar-refractivity contribution is 5.83. The molecule has 0 aliphatic carbocycles. The van der Waals surface area contributed by atoms with Crippen LogP contribution in [0.1, 0.15) is 61.3 Å². The number of carboxylic acid groups (broad SMARTS) is 1. The Morgan fingerprint density at radius 1 is 1.14 bits per heavy atom. The number of carbonyl (C=O) groups is 1. The van der Waals surface area contributed by atoms with Crippen molar-refractivity contribution >= 4 is 16.9 Å². The van der Waals surface area contributed by atoms with Crippen LogP contribution >= 0.6 is 0 Å². The Morgan fingerprint density at radius 3 is 2.70 bits per heavy atom. The van der Waals surface area contributed by atoms with Gasteiger partial charge in [-0.05, 0) is 106 Å². The van der Waals surface area contributed by atoms with Gasteiger partial charge < -0.3 is 19.8 Å². The molecular weight excluding hydrogens is 464 g/mol. The molecule has 0 saturated carbocycles. The molecule has 0 spiro atoms. The van der Waals surface area contributed by atoms with E-state index in [0.29, 0.717) is 12.3 Å². The maximum absolute atomic E-state index is 11.6. The lowest BCUT2D eigenvalue weighted by molar-refractivity contribution is -0.139. The summed E-state index contributed by atoms with van der Waals surface area (Å²) < 4.78 is 5.37. The molecule has 1 fully saturated rings. The summed E-state index contributed by atoms with van der Waals surface area (Å²) in [5, 5.41) is 21.6. The standard InChI is InChI=1S/C31H40N2O4/c1-22-6-8-23(9-7-22)5-3-4-17-33-18-15-24(25(21-33)19-31(35)36)10-13-30(34)27-14-16-32-29-12-11-26(37-2)20-28(27)29/h6-9,11-12,14,16,20,24-25,30,34H,3-5,10,13,15,17-19,21H2,1-2H3,(H,35,36)/t24-,25+,30-/m1/s1. The molecule has 6 nitrogen and oxygen atoms in total. The first-order valence-electron chi connectivity index (χ1n) is 13.5. The van der Waals surface area contributed by atoms with E-state index < -0.39 is 12.1 Å². The third-order valence-electron chi connectivity index (χ3n) is 7.88. The van der Waals surface area contributed by atoms with Crippen LogP contribution in [0.4, 0.5) is 0 Å². The van der Waals surface area contributed by atoms with Gasteiger partial charge in [0.2, 0.25) is 0 Å². The van der Waals surface area contributed by atoms with Crippen molar-refractivity contribution in [2.24, 2.45) is 11.8 Å². The van der Waals surface area contributed by atoms with Crippen molar-refractivity contribution in [1.29, 1.82) is 0 Å². The molecule has 0 bridgehead atoms. The average Bonchev–Trinajstić information content (AvgIpc) is 2.90. The fourth-order valence-corrected chi connectivity index (χ4v) is 5.71. The van der Waals surface area contributed by atoms with E-state index in [1.165, 1.54) is 11.1 Å². The predicted octanol–water partition coefficient (Wildman–Crippen LogP) is 5.80. The van der Waals surface area contributed by atoms with E-state index in [-0.39, 0.29) is 12.3 Å². The summed E-state index contributed by atoms with van der Waals surface area (Å²) in [5.41, 5.74) is 4.35. The normalized spacial score (nSPS) is 19.1. The average molecular weight is 505 g/mol. The number of hydrogen-bond acceptors (Lipinski definition) is 5. The van der Waals surface area contributed by atoms with Crippen molar-refractivity contribution in [2.75, 3.05) is 26.7 Å². The highest BCUT2D eigenvalue weighted by Crippen LogP contribution is 2.35. The van der Waals surface area contributed by atoms with Crippen LogP contribution < -0.4 is 4.74 Å². The zero-order chi connectivity index (χ0) is 26.2. The molecule has 2 heterocycles. The number of piperidine rings is 1. The number of carboxylic acids is 1. The molecule has 198 valence electrons. The third kappa shape index (κ3) is 7.53. The second-order valence-electron chi connectivity index (χ2n) is 10.5. The van der Waals surface area contributed by atoms with E-state index in [1.807, 2.05) is 24.3 Å². The minimum Gasteiger partial charge on any atom is -0.497 e. The molecule has 1 saturated heterocycles. The molecule has 1 aromatic heterocycles. The number of aliphatic hydroxyl groups excluding tert-OH is 1. The van der Waals surface area contributed by atoms with Gasteiger partial charge in [0, 0.05) is 24.5 Å². The van der Waals surface area contributed by atoms with E-state index in [9.17, 15) is 15.0 Å². The Hall–Kier alpha value is -2.96. The van der Waals surface area contributed by atoms with Crippen LogP contribution in [-0.2, 0) is 11.2 Å². The number of benzene rings is 2. The number of hydrogen-bond donors (Lipinski definition) is 2. The second-order valence-corrected chi connectivity index (χ2v) is 10.5. The Kier molecular flexibility index (Phi) is 9.53. The number of pyridine rings is 1. The van der Waals surface area contributed by atoms with Crippen LogP contribution in [0.2, 0.25) is 0 Å². The summed E-state index contributed by atoms with van der Waals surface area (Å²) >= 11 is 0. The van der Waals surface area contributed by atoms with Gasteiger partial charge in [0.15, 0.2) is 0 Å². The zero-order valence-corrected chi connectivity index (χ0v) is 22.1. The number of likely N-dealkylation sites (tertiary alicyclic amines) is 1. The van der Waals surface area contributed by atoms with Gasteiger partial charge in [0.25, 0.3) is 0 Å². The molecular formula is C31H40N2O4. The van der Waals surface area contributed by atoms with Crippen LogP contribution in [0.15, 0.2) is 54.7 Å². The van der Waals surface area contributed by atoms with Crippen molar-refractivity contribution in [3.05, 3.63) is 71.4 Å². The fraction of sp³-hybridized carbons (Fsp3) is 0.484. The molecule has 2 N–H and O–H groups in total. The summed E-state index contributed by atoms with van der Waals surface area (Å²) in [6.45, 7) is 4.95. The molecule has 37 heavy (non-hydrogen) atoms. The van der Waals surface area contributed by atoms with Crippen molar-refractivity contribution in [3.8, 4) is 5.75 Å². The number of aromatic nitrogens is 1. The van der Waals surface area contributed by atoms with Crippen LogP contribution in [-0.4, -0.2) is 52.8 Å². The quantitative estimate of drug-likeness (QED) is 0.303. The lowest BCUT2D eigenvalue weighted by atomic mass is 9.79. The van der Waals surface area contributed by atoms with E-state index in [1.54, 1.807) is 13.3 Å². The first-order valence-corrected chi connectivity index (χ1v) is 13.5. The summed E-state index contributed by atoms with van der Waals surface area (Å²) in [6.07, 6.45) is 7.05. The van der Waals surface area contributed by atoms with Gasteiger partial charge in [-0.3, -0.25) is 9.78 Å². The van der Waals surface area contributed by atoms with Gasteiger partial charge in [-0.15, -0.1) is 0 Å². The minimum atomic E-state index is -0.732. The molecule has 3 atom stereocenters. The number of unbranched alkanes of at least 4 members (excludes halogenated alkanes) is 1. The van der Waals surface area contributed by atoms with Gasteiger partial charge in [-0.25, -0.2) is 0 Å². The van der Waals surface area contributed by atoms with Crippen molar-refractivity contribution in [3.63, 3.8) is 0 Å². The Bertz CT molecular complexity index is 1160. The van der Waals surface area contributed by atoms with Gasteiger partial charge in [0.1, 0.15) is 5.75 Å². The smallest absolute Gasteiger partial charge is 0.303 e. The number of rotatable bonds is 12. The Balaban J connectivity index is 1.30. The highest BCUT2D eigenvalue weighted by Gasteiger charge is 2.31. The zero-order valence-electron chi connectivity index (χ0n) is 22.1. The highest BCUT2D eigenvalue weighted by atomic mass is 16.5. The SMILES string of the molecule is COc1ccc2nccc([C@H](O)CC[C@@H]3CCN(CCCCc4ccc(C)cc4)C[C@@H]3CC(=O)O)c2c1. The van der Waals surface area contributed by atoms with Crippen LogP contribution in [0.5, 0.6) is 5.75 Å². The van der Waals surface area contributed by atoms with Crippen molar-refractivity contribution in [1.82, 2.24) is 9.88 Å². The molecule has 2 aromatic carbocycles. The minimum absolute atomic E-state index is 0.116. The third-order valence-corrected chi connectivity index (χ3v) is 7.88. The lowest BCUT2D eigenvalue weighted by Crippen LogP contribution is -2.41. The number of methoxy groups -OCH3 is 1. The Morgan fingerprint density at radius 2 is 1.95 bits per heavy atom. The summed E-state index contributed by atoms with van der Waals surface area (Å²) in [4.78, 5) is 18.5. The fourth-order valence-electron chi connectivity index (χ4n) is 5.71. The van der Waals surface area contributed by atoms with Gasteiger partial charge in [-0.1, -0.05) is 29.8 Å². The Labute approximate surface area is 220 Å². The van der Waals surface area contributed by atoms with E-state index in [4.69, 9.17) is 4.74 Å². The molecule has 3 aromatic rings. The maximum atomic E-state index is 11.6. The second kappa shape index (κ2) is 13.0. The van der Waals surface area contributed by atoms with Crippen molar-refractivity contribution < 1.29 is 19.7 Å².